The van der Waals surface area contributed by atoms with E-state index >= 15 is 0 Å². The van der Waals surface area contributed by atoms with Crippen molar-refractivity contribution in [1.82, 2.24) is 0 Å². The lowest BCUT2D eigenvalue weighted by Gasteiger charge is -2.28. The first kappa shape index (κ1) is 33.6. The van der Waals surface area contributed by atoms with Crippen LogP contribution in [0.25, 0.3) is 88.0 Å². The number of fused-ring (bicyclic) bond motifs is 5. The zero-order valence-corrected chi connectivity index (χ0v) is 31.7. The number of anilines is 3. The highest BCUT2D eigenvalue weighted by atomic mass is 16.3. The van der Waals surface area contributed by atoms with Crippen LogP contribution in [-0.4, -0.2) is 0 Å². The Morgan fingerprint density at radius 2 is 0.776 bits per heavy atom. The van der Waals surface area contributed by atoms with Crippen LogP contribution in [0.2, 0.25) is 0 Å². The third-order valence-electron chi connectivity index (χ3n) is 11.4. The van der Waals surface area contributed by atoms with Crippen molar-refractivity contribution in [1.29, 1.82) is 0 Å². The van der Waals surface area contributed by atoms with Gasteiger partial charge < -0.3 is 9.32 Å². The van der Waals surface area contributed by atoms with Crippen molar-refractivity contribution in [3.8, 4) is 44.7 Å². The average molecular weight is 740 g/mol. The number of rotatable bonds is 7. The van der Waals surface area contributed by atoms with Crippen molar-refractivity contribution in [2.75, 3.05) is 4.90 Å². The van der Waals surface area contributed by atoms with Crippen molar-refractivity contribution in [3.63, 3.8) is 0 Å². The molecule has 0 spiro atoms. The Morgan fingerprint density at radius 3 is 1.47 bits per heavy atom. The predicted octanol–water partition coefficient (Wildman–Crippen LogP) is 16.0. The molecule has 0 aliphatic heterocycles. The Bertz CT molecular complexity index is 3230. The molecule has 58 heavy (non-hydrogen) atoms. The Kier molecular flexibility index (Phi) is 8.19. The van der Waals surface area contributed by atoms with Gasteiger partial charge in [0.25, 0.3) is 0 Å². The minimum atomic E-state index is 0.881. The van der Waals surface area contributed by atoms with E-state index in [1.807, 2.05) is 18.2 Å². The summed E-state index contributed by atoms with van der Waals surface area (Å²) in [5, 5.41) is 8.54. The first-order valence-electron chi connectivity index (χ1n) is 19.8. The zero-order valence-electron chi connectivity index (χ0n) is 31.7. The summed E-state index contributed by atoms with van der Waals surface area (Å²) in [6, 6.07) is 80.8. The molecule has 2 nitrogen and oxygen atoms in total. The summed E-state index contributed by atoms with van der Waals surface area (Å²) in [6.07, 6.45) is 0. The van der Waals surface area contributed by atoms with Crippen molar-refractivity contribution in [2.24, 2.45) is 0 Å². The summed E-state index contributed by atoms with van der Waals surface area (Å²) < 4.78 is 6.18. The molecule has 0 unspecified atom stereocenters. The molecule has 0 N–H and O–H groups in total. The zero-order chi connectivity index (χ0) is 38.4. The number of benzene rings is 10. The van der Waals surface area contributed by atoms with Crippen LogP contribution in [0, 0.1) is 0 Å². The minimum Gasteiger partial charge on any atom is -0.456 e. The van der Waals surface area contributed by atoms with Gasteiger partial charge in [0.1, 0.15) is 11.3 Å². The standard InChI is InChI=1S/C56H37NO/c1-2-11-43-34-45(25-24-38(43)10-1)42-28-32-50(33-29-42)57(54-36-46-12-3-5-16-51(46)52-17-6-7-18-53(52)54)49-30-26-40(27-31-49)39-20-22-41(23-21-39)44-14-9-15-47(35-44)56-37-48-13-4-8-19-55(48)58-56/h1-37H. The second-order valence-corrected chi connectivity index (χ2v) is 15.0. The van der Waals surface area contributed by atoms with E-state index in [-0.39, 0.29) is 0 Å². The molecule has 0 saturated heterocycles. The summed E-state index contributed by atoms with van der Waals surface area (Å²) >= 11 is 0. The van der Waals surface area contributed by atoms with Crippen LogP contribution in [0.1, 0.15) is 0 Å². The quantitative estimate of drug-likeness (QED) is 0.151. The highest BCUT2D eigenvalue weighted by molar-refractivity contribution is 6.14. The topological polar surface area (TPSA) is 16.4 Å². The van der Waals surface area contributed by atoms with Crippen LogP contribution in [-0.2, 0) is 0 Å². The maximum absolute atomic E-state index is 6.18. The van der Waals surface area contributed by atoms with Crippen LogP contribution in [0.3, 0.4) is 0 Å². The fourth-order valence-electron chi connectivity index (χ4n) is 8.45. The molecule has 10 aromatic carbocycles. The molecule has 11 aromatic rings. The van der Waals surface area contributed by atoms with Gasteiger partial charge in [0.05, 0.1) is 5.69 Å². The molecule has 0 saturated carbocycles. The summed E-state index contributed by atoms with van der Waals surface area (Å²) in [6.45, 7) is 0. The predicted molar refractivity (Wildman–Crippen MR) is 245 cm³/mol. The van der Waals surface area contributed by atoms with E-state index in [9.17, 15) is 0 Å². The molecule has 0 fully saturated rings. The minimum absolute atomic E-state index is 0.881. The molecule has 0 aliphatic rings. The summed E-state index contributed by atoms with van der Waals surface area (Å²) in [5.41, 5.74) is 12.4. The van der Waals surface area contributed by atoms with Crippen LogP contribution < -0.4 is 4.90 Å². The molecule has 1 heterocycles. The largest absolute Gasteiger partial charge is 0.456 e. The Hall–Kier alpha value is -7.68. The van der Waals surface area contributed by atoms with Crippen molar-refractivity contribution in [3.05, 3.63) is 224 Å². The summed E-state index contributed by atoms with van der Waals surface area (Å²) in [4.78, 5) is 2.40. The van der Waals surface area contributed by atoms with Crippen LogP contribution in [0.5, 0.6) is 0 Å². The molecule has 0 atom stereocenters. The number of nitrogens with zero attached hydrogens (tertiary/aromatic N) is 1. The van der Waals surface area contributed by atoms with Gasteiger partial charge in [0, 0.05) is 27.7 Å². The van der Waals surface area contributed by atoms with Gasteiger partial charge in [-0.05, 0) is 115 Å². The molecule has 0 amide bonds. The van der Waals surface area contributed by atoms with Crippen molar-refractivity contribution >= 4 is 60.3 Å². The fourth-order valence-corrected chi connectivity index (χ4v) is 8.45. The third-order valence-corrected chi connectivity index (χ3v) is 11.4. The van der Waals surface area contributed by atoms with E-state index in [2.05, 4.69) is 211 Å². The second kappa shape index (κ2) is 14.1. The van der Waals surface area contributed by atoms with Gasteiger partial charge in [-0.2, -0.15) is 0 Å². The normalized spacial score (nSPS) is 11.4. The Labute approximate surface area is 337 Å². The van der Waals surface area contributed by atoms with E-state index in [0.29, 0.717) is 0 Å². The average Bonchev–Trinajstić information content (AvgIpc) is 3.74. The smallest absolute Gasteiger partial charge is 0.135 e. The van der Waals surface area contributed by atoms with Crippen LogP contribution in [0.4, 0.5) is 17.1 Å². The van der Waals surface area contributed by atoms with E-state index in [4.69, 9.17) is 4.42 Å². The number of hydrogen-bond acceptors (Lipinski definition) is 2. The number of hydrogen-bond donors (Lipinski definition) is 0. The lowest BCUT2D eigenvalue weighted by Crippen LogP contribution is -2.10. The third kappa shape index (κ3) is 6.09. The molecule has 2 heteroatoms. The van der Waals surface area contributed by atoms with Crippen molar-refractivity contribution < 1.29 is 4.42 Å². The van der Waals surface area contributed by atoms with E-state index < -0.39 is 0 Å². The maximum atomic E-state index is 6.18. The Balaban J connectivity index is 0.948. The molecule has 0 bridgehead atoms. The molecular formula is C56H37NO. The van der Waals surface area contributed by atoms with Gasteiger partial charge in [-0.15, -0.1) is 0 Å². The molecular weight excluding hydrogens is 703 g/mol. The number of furan rings is 1. The summed E-state index contributed by atoms with van der Waals surface area (Å²) in [7, 11) is 0. The lowest BCUT2D eigenvalue weighted by molar-refractivity contribution is 0.631. The Morgan fingerprint density at radius 1 is 0.276 bits per heavy atom. The first-order valence-corrected chi connectivity index (χ1v) is 19.8. The molecule has 272 valence electrons. The monoisotopic (exact) mass is 739 g/mol. The van der Waals surface area contributed by atoms with Gasteiger partial charge in [0.2, 0.25) is 0 Å². The molecule has 11 rings (SSSR count). The second-order valence-electron chi connectivity index (χ2n) is 15.0. The maximum Gasteiger partial charge on any atom is 0.135 e. The SMILES string of the molecule is c1cc(-c2ccc(-c3ccc(N(c4ccc(-c5ccc6ccccc6c5)cc4)c4cc5ccccc5c5ccccc45)cc3)cc2)cc(-c2cc3ccccc3o2)c1. The van der Waals surface area contributed by atoms with Crippen LogP contribution >= 0.6 is 0 Å². The van der Waals surface area contributed by atoms with Gasteiger partial charge in [-0.3, -0.25) is 0 Å². The van der Waals surface area contributed by atoms with Gasteiger partial charge in [0.15, 0.2) is 0 Å². The fraction of sp³-hybridized carbons (Fsp3) is 0. The molecule has 1 aromatic heterocycles. The van der Waals surface area contributed by atoms with Gasteiger partial charge in [-0.1, -0.05) is 170 Å². The highest BCUT2D eigenvalue weighted by Crippen LogP contribution is 2.43. The van der Waals surface area contributed by atoms with Crippen LogP contribution in [0.15, 0.2) is 229 Å². The van der Waals surface area contributed by atoms with Gasteiger partial charge >= 0.3 is 0 Å². The lowest BCUT2D eigenvalue weighted by atomic mass is 9.97. The van der Waals surface area contributed by atoms with Gasteiger partial charge in [-0.25, -0.2) is 0 Å². The van der Waals surface area contributed by atoms with E-state index in [1.165, 1.54) is 60.1 Å². The first-order chi connectivity index (χ1) is 28.7. The van der Waals surface area contributed by atoms with Crippen molar-refractivity contribution in [2.45, 2.75) is 0 Å². The summed E-state index contributed by atoms with van der Waals surface area (Å²) in [5.74, 6) is 0.881. The van der Waals surface area contributed by atoms with E-state index in [1.54, 1.807) is 0 Å². The highest BCUT2D eigenvalue weighted by Gasteiger charge is 2.18. The van der Waals surface area contributed by atoms with E-state index in [0.717, 1.165) is 44.9 Å². The molecule has 0 aliphatic carbocycles. The number of para-hydroxylation sites is 1. The molecule has 0 radical (unpaired) electrons.